The molecule has 0 unspecified atom stereocenters. The van der Waals surface area contributed by atoms with Crippen LogP contribution >= 0.6 is 0 Å². The fourth-order valence-electron chi connectivity index (χ4n) is 2.03. The summed E-state index contributed by atoms with van der Waals surface area (Å²) in [6.07, 6.45) is -4.13. The summed E-state index contributed by atoms with van der Waals surface area (Å²) in [5, 5.41) is 10.7. The van der Waals surface area contributed by atoms with Crippen LogP contribution in [0.3, 0.4) is 0 Å². The zero-order valence-electron chi connectivity index (χ0n) is 12.0. The summed E-state index contributed by atoms with van der Waals surface area (Å²) < 4.78 is 41.0. The average Bonchev–Trinajstić information content (AvgIpc) is 2.87. The third kappa shape index (κ3) is 3.38. The number of halogens is 3. The first-order valence-electron chi connectivity index (χ1n) is 6.61. The zero-order valence-corrected chi connectivity index (χ0v) is 12.0. The lowest BCUT2D eigenvalue weighted by molar-refractivity contribution is -0.144. The highest BCUT2D eigenvalue weighted by Crippen LogP contribution is 2.28. The first-order valence-corrected chi connectivity index (χ1v) is 6.61. The third-order valence-corrected chi connectivity index (χ3v) is 3.07. The Morgan fingerprint density at radius 2 is 2.04 bits per heavy atom. The van der Waals surface area contributed by atoms with Crippen molar-refractivity contribution in [2.24, 2.45) is 5.73 Å². The van der Waals surface area contributed by atoms with Gasteiger partial charge in [0.1, 0.15) is 11.3 Å². The zero-order chi connectivity index (χ0) is 17.2. The third-order valence-electron chi connectivity index (χ3n) is 3.07. The Kier molecular flexibility index (Phi) is 4.48. The number of hydrogen-bond acceptors (Lipinski definition) is 5. The molecule has 2 heterocycles. The number of carbonyl (C=O) groups is 1. The average molecular weight is 330 g/mol. The van der Waals surface area contributed by atoms with E-state index in [1.165, 1.54) is 4.68 Å². The van der Waals surface area contributed by atoms with E-state index in [1.54, 1.807) is 0 Å². The molecule has 0 aliphatic carbocycles. The van der Waals surface area contributed by atoms with Gasteiger partial charge in [-0.2, -0.15) is 13.2 Å². The summed E-state index contributed by atoms with van der Waals surface area (Å²) in [6, 6.07) is 1.40. The molecule has 0 saturated carbocycles. The molecule has 0 bridgehead atoms. The van der Waals surface area contributed by atoms with Gasteiger partial charge in [-0.3, -0.25) is 14.2 Å². The Morgan fingerprint density at radius 3 is 2.61 bits per heavy atom. The molecule has 1 amide bonds. The quantitative estimate of drug-likeness (QED) is 0.854. The second-order valence-electron chi connectivity index (χ2n) is 4.70. The van der Waals surface area contributed by atoms with Gasteiger partial charge in [-0.25, -0.2) is 4.68 Å². The summed E-state index contributed by atoms with van der Waals surface area (Å²) in [5.74, 6) is -1.04. The first-order chi connectivity index (χ1) is 10.8. The minimum absolute atomic E-state index is 0.0704. The van der Waals surface area contributed by atoms with E-state index in [0.717, 1.165) is 6.07 Å². The van der Waals surface area contributed by atoms with Crippen LogP contribution < -0.4 is 11.3 Å². The number of nitrogens with zero attached hydrogens (tertiary/aromatic N) is 5. The van der Waals surface area contributed by atoms with Crippen LogP contribution in [0.1, 0.15) is 35.2 Å². The van der Waals surface area contributed by atoms with Crippen molar-refractivity contribution in [3.63, 3.8) is 0 Å². The van der Waals surface area contributed by atoms with Crippen LogP contribution in [0.5, 0.6) is 0 Å². The van der Waals surface area contributed by atoms with Crippen LogP contribution in [0.4, 0.5) is 13.2 Å². The van der Waals surface area contributed by atoms with Gasteiger partial charge in [0.05, 0.1) is 6.54 Å². The van der Waals surface area contributed by atoms with Crippen LogP contribution in [-0.2, 0) is 19.3 Å². The minimum Gasteiger partial charge on any atom is -0.365 e. The highest BCUT2D eigenvalue weighted by Gasteiger charge is 2.35. The Hall–Kier alpha value is -2.72. The second kappa shape index (κ2) is 6.18. The number of nitrogens with two attached hydrogens (primary N) is 1. The van der Waals surface area contributed by atoms with Crippen molar-refractivity contribution in [1.82, 2.24) is 24.8 Å². The lowest BCUT2D eigenvalue weighted by atomic mass is 10.2. The molecule has 0 spiro atoms. The Bertz CT molecular complexity index is 780. The number of rotatable bonds is 5. The minimum atomic E-state index is -4.78. The summed E-state index contributed by atoms with van der Waals surface area (Å²) in [6.45, 7) is 1.70. The number of primary amides is 1. The SMILES string of the molecule is CCCn1nnnc1Cn1c(C(F)(F)F)ccc(C(N)=O)c1=O. The maximum atomic E-state index is 13.1. The molecule has 0 radical (unpaired) electrons. The van der Waals surface area contributed by atoms with E-state index in [0.29, 0.717) is 23.6 Å². The fourth-order valence-corrected chi connectivity index (χ4v) is 2.03. The molecule has 0 aromatic carbocycles. The van der Waals surface area contributed by atoms with Crippen LogP contribution in [-0.4, -0.2) is 30.7 Å². The van der Waals surface area contributed by atoms with Gasteiger partial charge in [0.2, 0.25) is 0 Å². The molecule has 0 aliphatic heterocycles. The van der Waals surface area contributed by atoms with Crippen LogP contribution in [0.25, 0.3) is 0 Å². The van der Waals surface area contributed by atoms with Gasteiger partial charge in [0.25, 0.3) is 11.5 Å². The van der Waals surface area contributed by atoms with Gasteiger partial charge in [0, 0.05) is 6.54 Å². The van der Waals surface area contributed by atoms with Gasteiger partial charge in [-0.15, -0.1) is 5.10 Å². The topological polar surface area (TPSA) is 109 Å². The smallest absolute Gasteiger partial charge is 0.365 e. The number of aromatic nitrogens is 5. The van der Waals surface area contributed by atoms with Crippen LogP contribution in [0.2, 0.25) is 0 Å². The lowest BCUT2D eigenvalue weighted by Crippen LogP contribution is -2.34. The molecule has 2 N–H and O–H groups in total. The summed E-state index contributed by atoms with van der Waals surface area (Å²) in [4.78, 5) is 23.3. The molecule has 2 aromatic heterocycles. The van der Waals surface area contributed by atoms with Gasteiger partial charge in [-0.1, -0.05) is 6.92 Å². The number of hydrogen-bond donors (Lipinski definition) is 1. The number of alkyl halides is 3. The largest absolute Gasteiger partial charge is 0.431 e. The number of aryl methyl sites for hydroxylation is 1. The van der Waals surface area contributed by atoms with E-state index in [9.17, 15) is 22.8 Å². The van der Waals surface area contributed by atoms with E-state index < -0.39 is 35.4 Å². The second-order valence-corrected chi connectivity index (χ2v) is 4.70. The summed E-state index contributed by atoms with van der Waals surface area (Å²) in [7, 11) is 0. The molecular weight excluding hydrogens is 317 g/mol. The van der Waals surface area contributed by atoms with Crippen molar-refractivity contribution in [3.8, 4) is 0 Å². The number of amides is 1. The number of carbonyl (C=O) groups excluding carboxylic acids is 1. The van der Waals surface area contributed by atoms with E-state index >= 15 is 0 Å². The molecule has 2 rings (SSSR count). The van der Waals surface area contributed by atoms with E-state index in [2.05, 4.69) is 15.5 Å². The van der Waals surface area contributed by atoms with Gasteiger partial charge < -0.3 is 5.73 Å². The first kappa shape index (κ1) is 16.6. The monoisotopic (exact) mass is 330 g/mol. The molecule has 0 saturated heterocycles. The van der Waals surface area contributed by atoms with Crippen molar-refractivity contribution in [3.05, 3.63) is 39.6 Å². The molecule has 0 aliphatic rings. The number of tetrazole rings is 1. The van der Waals surface area contributed by atoms with Gasteiger partial charge >= 0.3 is 6.18 Å². The van der Waals surface area contributed by atoms with E-state index in [1.807, 2.05) is 6.92 Å². The number of pyridine rings is 1. The Labute approximate surface area is 127 Å². The predicted octanol–water partition coefficient (Wildman–Crippen LogP) is 0.411. The standard InChI is InChI=1S/C12H13F3N6O2/c1-2-5-21-9(17-18-19-21)6-20-8(12(13,14)15)4-3-7(10(16)22)11(20)23/h3-4H,2,5-6H2,1H3,(H2,16,22). The molecular formula is C12H13F3N6O2. The maximum absolute atomic E-state index is 13.1. The predicted molar refractivity (Wildman–Crippen MR) is 71.4 cm³/mol. The van der Waals surface area contributed by atoms with Gasteiger partial charge in [-0.05, 0) is 29.0 Å². The summed E-state index contributed by atoms with van der Waals surface area (Å²) >= 11 is 0. The molecule has 0 atom stereocenters. The maximum Gasteiger partial charge on any atom is 0.431 e. The Balaban J connectivity index is 2.58. The molecule has 2 aromatic rings. The van der Waals surface area contributed by atoms with Gasteiger partial charge in [0.15, 0.2) is 5.82 Å². The normalized spacial score (nSPS) is 11.7. The van der Waals surface area contributed by atoms with E-state index in [4.69, 9.17) is 5.73 Å². The molecule has 0 fully saturated rings. The van der Waals surface area contributed by atoms with Crippen LogP contribution in [0, 0.1) is 0 Å². The van der Waals surface area contributed by atoms with Crippen molar-refractivity contribution < 1.29 is 18.0 Å². The van der Waals surface area contributed by atoms with Crippen molar-refractivity contribution in [2.75, 3.05) is 0 Å². The molecule has 11 heteroatoms. The Morgan fingerprint density at radius 1 is 1.35 bits per heavy atom. The van der Waals surface area contributed by atoms with Crippen molar-refractivity contribution >= 4 is 5.91 Å². The van der Waals surface area contributed by atoms with E-state index in [-0.39, 0.29) is 5.82 Å². The molecule has 23 heavy (non-hydrogen) atoms. The summed E-state index contributed by atoms with van der Waals surface area (Å²) in [5.41, 5.74) is 2.13. The van der Waals surface area contributed by atoms with Crippen LogP contribution in [0.15, 0.2) is 16.9 Å². The lowest BCUT2D eigenvalue weighted by Gasteiger charge is -2.15. The van der Waals surface area contributed by atoms with Crippen molar-refractivity contribution in [1.29, 1.82) is 0 Å². The highest BCUT2D eigenvalue weighted by atomic mass is 19.4. The van der Waals surface area contributed by atoms with Crippen molar-refractivity contribution in [2.45, 2.75) is 32.6 Å². The molecule has 8 nitrogen and oxygen atoms in total. The highest BCUT2D eigenvalue weighted by molar-refractivity contribution is 5.92. The fraction of sp³-hybridized carbons (Fsp3) is 0.417. The molecule has 124 valence electrons.